The number of imide groups is 1. The second-order valence-electron chi connectivity index (χ2n) is 6.92. The fourth-order valence-electron chi connectivity index (χ4n) is 3.95. The lowest BCUT2D eigenvalue weighted by atomic mass is 9.82. The molecule has 1 aromatic carbocycles. The molecule has 4 rings (SSSR count). The SMILES string of the molecule is COc1ccc2c(CN3C(=O)NC4(CCCCC4)C3=O)cc(=O)oc2c1. The summed E-state index contributed by atoms with van der Waals surface area (Å²) in [4.78, 5) is 38.5. The predicted octanol–water partition coefficient (Wildman–Crippen LogP) is 2.56. The Hall–Kier alpha value is -2.83. The van der Waals surface area contributed by atoms with E-state index in [0.29, 0.717) is 35.1 Å². The number of benzene rings is 1. The van der Waals surface area contributed by atoms with E-state index < -0.39 is 17.2 Å². The third-order valence-electron chi connectivity index (χ3n) is 5.32. The Morgan fingerprint density at radius 3 is 2.65 bits per heavy atom. The van der Waals surface area contributed by atoms with Crippen LogP contribution in [0.5, 0.6) is 5.75 Å². The predicted molar refractivity (Wildman–Crippen MR) is 93.9 cm³/mol. The molecule has 0 bridgehead atoms. The molecule has 0 unspecified atom stereocenters. The maximum Gasteiger partial charge on any atom is 0.336 e. The van der Waals surface area contributed by atoms with E-state index in [1.165, 1.54) is 18.1 Å². The number of nitrogens with zero attached hydrogens (tertiary/aromatic N) is 1. The van der Waals surface area contributed by atoms with E-state index in [2.05, 4.69) is 5.32 Å². The highest BCUT2D eigenvalue weighted by atomic mass is 16.5. The quantitative estimate of drug-likeness (QED) is 0.674. The van der Waals surface area contributed by atoms with Gasteiger partial charge in [0.25, 0.3) is 5.91 Å². The highest BCUT2D eigenvalue weighted by molar-refractivity contribution is 6.07. The van der Waals surface area contributed by atoms with Crippen LogP contribution in [-0.2, 0) is 11.3 Å². The Labute approximate surface area is 149 Å². The topological polar surface area (TPSA) is 88.9 Å². The van der Waals surface area contributed by atoms with Crippen LogP contribution in [0.1, 0.15) is 37.7 Å². The molecule has 0 radical (unpaired) electrons. The summed E-state index contributed by atoms with van der Waals surface area (Å²) in [7, 11) is 1.53. The van der Waals surface area contributed by atoms with E-state index in [9.17, 15) is 14.4 Å². The van der Waals surface area contributed by atoms with Crippen LogP contribution in [-0.4, -0.2) is 29.5 Å². The molecule has 1 aliphatic heterocycles. The van der Waals surface area contributed by atoms with Crippen molar-refractivity contribution in [3.8, 4) is 5.75 Å². The molecule has 1 N–H and O–H groups in total. The van der Waals surface area contributed by atoms with Crippen LogP contribution in [0.2, 0.25) is 0 Å². The summed E-state index contributed by atoms with van der Waals surface area (Å²) in [6, 6.07) is 6.07. The lowest BCUT2D eigenvalue weighted by Crippen LogP contribution is -2.48. The lowest BCUT2D eigenvalue weighted by Gasteiger charge is -2.30. The number of hydrogen-bond donors (Lipinski definition) is 1. The molecule has 3 amide bonds. The number of carbonyl (C=O) groups excluding carboxylic acids is 2. The highest BCUT2D eigenvalue weighted by Gasteiger charge is 2.51. The number of hydrogen-bond acceptors (Lipinski definition) is 5. The van der Waals surface area contributed by atoms with Crippen LogP contribution in [0, 0.1) is 0 Å². The van der Waals surface area contributed by atoms with Gasteiger partial charge in [-0.05, 0) is 30.5 Å². The molecular weight excluding hydrogens is 336 g/mol. The number of carbonyl (C=O) groups is 2. The van der Waals surface area contributed by atoms with Crippen molar-refractivity contribution in [2.45, 2.75) is 44.2 Å². The molecular formula is C19H20N2O5. The molecule has 2 aliphatic rings. The first kappa shape index (κ1) is 16.6. The minimum absolute atomic E-state index is 0.0425. The van der Waals surface area contributed by atoms with Crippen molar-refractivity contribution in [2.24, 2.45) is 0 Å². The molecule has 7 heteroatoms. The Morgan fingerprint density at radius 1 is 1.15 bits per heavy atom. The molecule has 1 saturated carbocycles. The van der Waals surface area contributed by atoms with Crippen molar-refractivity contribution in [3.05, 3.63) is 40.2 Å². The summed E-state index contributed by atoms with van der Waals surface area (Å²) >= 11 is 0. The molecule has 2 fully saturated rings. The van der Waals surface area contributed by atoms with Gasteiger partial charge in [0.2, 0.25) is 0 Å². The summed E-state index contributed by atoms with van der Waals surface area (Å²) in [5.41, 5.74) is -0.352. The van der Waals surface area contributed by atoms with Crippen LogP contribution in [0.3, 0.4) is 0 Å². The standard InChI is InChI=1S/C19H20N2O5/c1-25-13-5-6-14-12(9-16(22)26-15(14)10-13)11-21-17(23)19(20-18(21)24)7-3-2-4-8-19/h5-6,9-10H,2-4,7-8,11H2,1H3,(H,20,24). The third-order valence-corrected chi connectivity index (χ3v) is 5.32. The van der Waals surface area contributed by atoms with Crippen molar-refractivity contribution in [1.29, 1.82) is 0 Å². The van der Waals surface area contributed by atoms with Gasteiger partial charge in [-0.1, -0.05) is 19.3 Å². The number of rotatable bonds is 3. The lowest BCUT2D eigenvalue weighted by molar-refractivity contribution is -0.132. The zero-order valence-electron chi connectivity index (χ0n) is 14.5. The van der Waals surface area contributed by atoms with Crippen molar-refractivity contribution >= 4 is 22.9 Å². The largest absolute Gasteiger partial charge is 0.497 e. The smallest absolute Gasteiger partial charge is 0.336 e. The Kier molecular flexibility index (Phi) is 3.94. The number of urea groups is 1. The molecule has 1 saturated heterocycles. The van der Waals surface area contributed by atoms with Gasteiger partial charge in [-0.3, -0.25) is 9.69 Å². The number of amides is 3. The summed E-state index contributed by atoms with van der Waals surface area (Å²) in [6.45, 7) is 0.0425. The summed E-state index contributed by atoms with van der Waals surface area (Å²) in [5, 5.41) is 3.56. The van der Waals surface area contributed by atoms with Gasteiger partial charge in [-0.15, -0.1) is 0 Å². The minimum Gasteiger partial charge on any atom is -0.497 e. The van der Waals surface area contributed by atoms with E-state index in [-0.39, 0.29) is 12.5 Å². The normalized spacial score (nSPS) is 19.2. The maximum atomic E-state index is 12.9. The summed E-state index contributed by atoms with van der Waals surface area (Å²) in [6.07, 6.45) is 4.28. The zero-order valence-corrected chi connectivity index (χ0v) is 14.5. The van der Waals surface area contributed by atoms with Crippen molar-refractivity contribution < 1.29 is 18.7 Å². The van der Waals surface area contributed by atoms with Crippen molar-refractivity contribution in [3.63, 3.8) is 0 Å². The number of ether oxygens (including phenoxy) is 1. The van der Waals surface area contributed by atoms with Crippen LogP contribution in [0.25, 0.3) is 11.0 Å². The molecule has 136 valence electrons. The Balaban J connectivity index is 1.70. The van der Waals surface area contributed by atoms with Gasteiger partial charge in [0.15, 0.2) is 0 Å². The maximum absolute atomic E-state index is 12.9. The molecule has 2 heterocycles. The molecule has 7 nitrogen and oxygen atoms in total. The summed E-state index contributed by atoms with van der Waals surface area (Å²) in [5.74, 6) is 0.367. The molecule has 1 aliphatic carbocycles. The van der Waals surface area contributed by atoms with Crippen LogP contribution >= 0.6 is 0 Å². The molecule has 2 aromatic rings. The number of methoxy groups -OCH3 is 1. The van der Waals surface area contributed by atoms with Gasteiger partial charge in [0, 0.05) is 17.5 Å². The molecule has 1 spiro atoms. The number of fused-ring (bicyclic) bond motifs is 1. The van der Waals surface area contributed by atoms with Crippen molar-refractivity contribution in [2.75, 3.05) is 7.11 Å². The molecule has 1 aromatic heterocycles. The van der Waals surface area contributed by atoms with Crippen LogP contribution in [0.4, 0.5) is 4.79 Å². The Bertz CT molecular complexity index is 943. The fraction of sp³-hybridized carbons (Fsp3) is 0.421. The van der Waals surface area contributed by atoms with Gasteiger partial charge in [0.05, 0.1) is 13.7 Å². The van der Waals surface area contributed by atoms with Crippen LogP contribution < -0.4 is 15.7 Å². The van der Waals surface area contributed by atoms with Gasteiger partial charge >= 0.3 is 11.7 Å². The van der Waals surface area contributed by atoms with E-state index in [1.54, 1.807) is 18.2 Å². The van der Waals surface area contributed by atoms with Gasteiger partial charge < -0.3 is 14.5 Å². The third kappa shape index (κ3) is 2.64. The van der Waals surface area contributed by atoms with E-state index in [1.807, 2.05) is 0 Å². The van der Waals surface area contributed by atoms with Crippen molar-refractivity contribution in [1.82, 2.24) is 10.2 Å². The average molecular weight is 356 g/mol. The van der Waals surface area contributed by atoms with E-state index in [4.69, 9.17) is 9.15 Å². The minimum atomic E-state index is -0.770. The van der Waals surface area contributed by atoms with E-state index >= 15 is 0 Å². The van der Waals surface area contributed by atoms with Gasteiger partial charge in [-0.2, -0.15) is 0 Å². The van der Waals surface area contributed by atoms with Gasteiger partial charge in [-0.25, -0.2) is 9.59 Å². The first-order chi connectivity index (χ1) is 12.5. The first-order valence-corrected chi connectivity index (χ1v) is 8.77. The average Bonchev–Trinajstić information content (AvgIpc) is 2.85. The monoisotopic (exact) mass is 356 g/mol. The summed E-state index contributed by atoms with van der Waals surface area (Å²) < 4.78 is 10.4. The highest BCUT2D eigenvalue weighted by Crippen LogP contribution is 2.34. The fourth-order valence-corrected chi connectivity index (χ4v) is 3.95. The van der Waals surface area contributed by atoms with Gasteiger partial charge in [0.1, 0.15) is 16.9 Å². The molecule has 0 atom stereocenters. The second-order valence-corrected chi connectivity index (χ2v) is 6.92. The first-order valence-electron chi connectivity index (χ1n) is 8.77. The van der Waals surface area contributed by atoms with Crippen LogP contribution in [0.15, 0.2) is 33.5 Å². The Morgan fingerprint density at radius 2 is 1.92 bits per heavy atom. The zero-order chi connectivity index (χ0) is 18.3. The molecule has 26 heavy (non-hydrogen) atoms. The number of nitrogens with one attached hydrogen (secondary N) is 1. The second kappa shape index (κ2) is 6.16. The van der Waals surface area contributed by atoms with E-state index in [0.717, 1.165) is 19.3 Å².